The molecule has 0 radical (unpaired) electrons. The molecule has 1 heterocycles. The zero-order valence-electron chi connectivity index (χ0n) is 19.9. The number of aliphatic carboxylic acids is 1. The summed E-state index contributed by atoms with van der Waals surface area (Å²) in [4.78, 5) is 49.4. The first-order valence-corrected chi connectivity index (χ1v) is 11.8. The van der Waals surface area contributed by atoms with E-state index < -0.39 is 29.8 Å². The van der Waals surface area contributed by atoms with Crippen LogP contribution in [0.5, 0.6) is 0 Å². The topological polar surface area (TPSA) is 112 Å². The Kier molecular flexibility index (Phi) is 7.41. The Balaban J connectivity index is 1.34. The quantitative estimate of drug-likeness (QED) is 0.328. The van der Waals surface area contributed by atoms with E-state index in [1.807, 2.05) is 36.4 Å². The Morgan fingerprint density at radius 2 is 1.33 bits per heavy atom. The SMILES string of the molecule is CC(=O)c1ccc(-c2ccc(CC[C@H](O)[C@@H](CCN3C(=O)c4ccccc4C3=O)C(=O)O)cc2)cc1. The molecule has 2 amide bonds. The summed E-state index contributed by atoms with van der Waals surface area (Å²) in [6, 6.07) is 21.6. The Hall–Kier alpha value is -4.10. The van der Waals surface area contributed by atoms with Gasteiger partial charge in [-0.3, -0.25) is 24.1 Å². The standard InChI is InChI=1S/C29H27NO6/c1-18(31)20-11-13-22(14-12-20)21-9-6-19(7-10-21)8-15-26(32)25(29(35)36)16-17-30-27(33)23-4-2-3-5-24(23)28(30)34/h2-7,9-14,25-26,32H,8,15-17H2,1H3,(H,35,36)/t25-,26+/m1/s1. The number of benzene rings is 3. The highest BCUT2D eigenvalue weighted by molar-refractivity contribution is 6.21. The molecule has 3 aromatic rings. The fourth-order valence-corrected chi connectivity index (χ4v) is 4.47. The Labute approximate surface area is 209 Å². The van der Waals surface area contributed by atoms with E-state index in [0.717, 1.165) is 21.6 Å². The van der Waals surface area contributed by atoms with Gasteiger partial charge in [-0.1, -0.05) is 60.7 Å². The van der Waals surface area contributed by atoms with Crippen LogP contribution in [-0.2, 0) is 11.2 Å². The van der Waals surface area contributed by atoms with Gasteiger partial charge in [-0.05, 0) is 55.0 Å². The van der Waals surface area contributed by atoms with Crippen LogP contribution in [0.15, 0.2) is 72.8 Å². The van der Waals surface area contributed by atoms with E-state index in [9.17, 15) is 29.4 Å². The Morgan fingerprint density at radius 1 is 0.806 bits per heavy atom. The van der Waals surface area contributed by atoms with Crippen molar-refractivity contribution in [3.8, 4) is 11.1 Å². The van der Waals surface area contributed by atoms with Crippen LogP contribution in [0.3, 0.4) is 0 Å². The number of aryl methyl sites for hydroxylation is 1. The third-order valence-electron chi connectivity index (χ3n) is 6.63. The molecular weight excluding hydrogens is 458 g/mol. The highest BCUT2D eigenvalue weighted by Crippen LogP contribution is 2.25. The number of nitrogens with zero attached hydrogens (tertiary/aromatic N) is 1. The predicted octanol–water partition coefficient (Wildman–Crippen LogP) is 4.24. The summed E-state index contributed by atoms with van der Waals surface area (Å²) >= 11 is 0. The van der Waals surface area contributed by atoms with Gasteiger partial charge in [-0.25, -0.2) is 0 Å². The summed E-state index contributed by atoms with van der Waals surface area (Å²) in [6.07, 6.45) is -0.457. The molecule has 0 fully saturated rings. The first kappa shape index (κ1) is 25.0. The average Bonchev–Trinajstić information content (AvgIpc) is 3.12. The fraction of sp³-hybridized carbons (Fsp3) is 0.241. The van der Waals surface area contributed by atoms with Gasteiger partial charge >= 0.3 is 5.97 Å². The van der Waals surface area contributed by atoms with E-state index in [4.69, 9.17) is 0 Å². The van der Waals surface area contributed by atoms with Crippen LogP contribution < -0.4 is 0 Å². The summed E-state index contributed by atoms with van der Waals surface area (Å²) in [6.45, 7) is 1.45. The maximum Gasteiger partial charge on any atom is 0.309 e. The molecular formula is C29H27NO6. The second kappa shape index (κ2) is 10.7. The minimum atomic E-state index is -1.16. The van der Waals surface area contributed by atoms with Gasteiger partial charge < -0.3 is 10.2 Å². The predicted molar refractivity (Wildman–Crippen MR) is 134 cm³/mol. The molecule has 0 bridgehead atoms. The Morgan fingerprint density at radius 3 is 1.83 bits per heavy atom. The maximum absolute atomic E-state index is 12.5. The smallest absolute Gasteiger partial charge is 0.309 e. The zero-order valence-corrected chi connectivity index (χ0v) is 19.9. The molecule has 7 heteroatoms. The maximum atomic E-state index is 12.5. The zero-order chi connectivity index (χ0) is 25.8. The van der Waals surface area contributed by atoms with Gasteiger partial charge in [0, 0.05) is 12.1 Å². The number of fused-ring (bicyclic) bond motifs is 1. The van der Waals surface area contributed by atoms with Crippen molar-refractivity contribution in [1.29, 1.82) is 0 Å². The molecule has 7 nitrogen and oxygen atoms in total. The molecule has 3 aromatic carbocycles. The molecule has 0 saturated heterocycles. The van der Waals surface area contributed by atoms with E-state index in [-0.39, 0.29) is 25.2 Å². The van der Waals surface area contributed by atoms with Crippen LogP contribution in [0.2, 0.25) is 0 Å². The number of carboxylic acid groups (broad SMARTS) is 1. The highest BCUT2D eigenvalue weighted by atomic mass is 16.4. The van der Waals surface area contributed by atoms with Crippen molar-refractivity contribution in [2.24, 2.45) is 5.92 Å². The molecule has 2 atom stereocenters. The van der Waals surface area contributed by atoms with Crippen LogP contribution in [0.4, 0.5) is 0 Å². The number of rotatable bonds is 10. The molecule has 36 heavy (non-hydrogen) atoms. The van der Waals surface area contributed by atoms with Gasteiger partial charge in [-0.2, -0.15) is 0 Å². The molecule has 0 saturated carbocycles. The van der Waals surface area contributed by atoms with Crippen molar-refractivity contribution in [3.63, 3.8) is 0 Å². The molecule has 1 aliphatic heterocycles. The lowest BCUT2D eigenvalue weighted by atomic mass is 9.93. The third-order valence-corrected chi connectivity index (χ3v) is 6.63. The number of hydrogen-bond donors (Lipinski definition) is 2. The van der Waals surface area contributed by atoms with Gasteiger partial charge in [-0.15, -0.1) is 0 Å². The average molecular weight is 486 g/mol. The molecule has 1 aliphatic rings. The van der Waals surface area contributed by atoms with Gasteiger partial charge in [0.15, 0.2) is 5.78 Å². The molecule has 0 aliphatic carbocycles. The monoisotopic (exact) mass is 485 g/mol. The van der Waals surface area contributed by atoms with Crippen molar-refractivity contribution in [2.75, 3.05) is 6.54 Å². The molecule has 2 N–H and O–H groups in total. The molecule has 4 rings (SSSR count). The number of Topliss-reactive ketones (excluding diaryl/α,β-unsaturated/α-hetero) is 1. The number of hydrogen-bond acceptors (Lipinski definition) is 5. The summed E-state index contributed by atoms with van der Waals surface area (Å²) in [5, 5.41) is 20.3. The number of aliphatic hydroxyl groups excluding tert-OH is 1. The first-order valence-electron chi connectivity index (χ1n) is 11.8. The minimum Gasteiger partial charge on any atom is -0.481 e. The van der Waals surface area contributed by atoms with E-state index >= 15 is 0 Å². The van der Waals surface area contributed by atoms with Crippen LogP contribution in [0.1, 0.15) is 56.4 Å². The number of carbonyl (C=O) groups is 4. The summed E-state index contributed by atoms with van der Waals surface area (Å²) in [7, 11) is 0. The number of aliphatic hydroxyl groups is 1. The number of amides is 2. The lowest BCUT2D eigenvalue weighted by molar-refractivity contribution is -0.146. The van der Waals surface area contributed by atoms with E-state index in [1.165, 1.54) is 6.92 Å². The number of imide groups is 1. The molecule has 0 spiro atoms. The molecule has 0 aromatic heterocycles. The van der Waals surface area contributed by atoms with Crippen LogP contribution >= 0.6 is 0 Å². The second-order valence-electron chi connectivity index (χ2n) is 8.98. The van der Waals surface area contributed by atoms with Crippen molar-refractivity contribution in [1.82, 2.24) is 4.90 Å². The third kappa shape index (κ3) is 5.26. The van der Waals surface area contributed by atoms with Gasteiger partial charge in [0.05, 0.1) is 23.1 Å². The first-order chi connectivity index (χ1) is 17.3. The highest BCUT2D eigenvalue weighted by Gasteiger charge is 2.36. The largest absolute Gasteiger partial charge is 0.481 e. The lowest BCUT2D eigenvalue weighted by Gasteiger charge is -2.22. The van der Waals surface area contributed by atoms with Gasteiger partial charge in [0.1, 0.15) is 0 Å². The summed E-state index contributed by atoms with van der Waals surface area (Å²) in [5.74, 6) is -3.13. The number of ketones is 1. The second-order valence-corrected chi connectivity index (χ2v) is 8.98. The van der Waals surface area contributed by atoms with Crippen molar-refractivity contribution >= 4 is 23.6 Å². The van der Waals surface area contributed by atoms with Crippen LogP contribution in [0, 0.1) is 5.92 Å². The number of carbonyl (C=O) groups excluding carboxylic acids is 3. The fourth-order valence-electron chi connectivity index (χ4n) is 4.47. The molecule has 184 valence electrons. The van der Waals surface area contributed by atoms with E-state index in [1.54, 1.807) is 36.4 Å². The number of carboxylic acids is 1. The van der Waals surface area contributed by atoms with E-state index in [0.29, 0.717) is 23.1 Å². The van der Waals surface area contributed by atoms with Crippen molar-refractivity contribution < 1.29 is 29.4 Å². The summed E-state index contributed by atoms with van der Waals surface area (Å²) in [5.41, 5.74) is 4.19. The van der Waals surface area contributed by atoms with Crippen LogP contribution in [-0.4, -0.2) is 51.3 Å². The lowest BCUT2D eigenvalue weighted by Crippen LogP contribution is -2.36. The van der Waals surface area contributed by atoms with E-state index in [2.05, 4.69) is 0 Å². The minimum absolute atomic E-state index is 0.0128. The summed E-state index contributed by atoms with van der Waals surface area (Å²) < 4.78 is 0. The van der Waals surface area contributed by atoms with Gasteiger partial charge in [0.25, 0.3) is 11.8 Å². The van der Waals surface area contributed by atoms with Crippen LogP contribution in [0.25, 0.3) is 11.1 Å². The van der Waals surface area contributed by atoms with Gasteiger partial charge in [0.2, 0.25) is 0 Å². The molecule has 0 unspecified atom stereocenters. The van der Waals surface area contributed by atoms with Crippen molar-refractivity contribution in [2.45, 2.75) is 32.3 Å². The normalized spacial score (nSPS) is 14.4. The van der Waals surface area contributed by atoms with Crippen molar-refractivity contribution in [3.05, 3.63) is 95.1 Å². The Bertz CT molecular complexity index is 1260.